The zero-order valence-corrected chi connectivity index (χ0v) is 12.5. The van der Waals surface area contributed by atoms with E-state index in [4.69, 9.17) is 0 Å². The molecule has 0 radical (unpaired) electrons. The average molecular weight is 285 g/mol. The van der Waals surface area contributed by atoms with Crippen LogP contribution in [0.25, 0.3) is 0 Å². The van der Waals surface area contributed by atoms with Crippen molar-refractivity contribution < 1.29 is 4.79 Å². The highest BCUT2D eigenvalue weighted by atomic mass is 32.1. The summed E-state index contributed by atoms with van der Waals surface area (Å²) in [5, 5.41) is 4.10. The molecule has 0 bridgehead atoms. The van der Waals surface area contributed by atoms with E-state index in [1.807, 2.05) is 11.4 Å². The molecule has 1 saturated heterocycles. The molecular weight excluding hydrogens is 266 g/mol. The average Bonchev–Trinajstić information content (AvgIpc) is 3.10. The van der Waals surface area contributed by atoms with Gasteiger partial charge < -0.3 is 4.90 Å². The summed E-state index contributed by atoms with van der Waals surface area (Å²) in [5.41, 5.74) is 3.67. The van der Waals surface area contributed by atoms with Crippen molar-refractivity contribution in [2.45, 2.75) is 32.2 Å². The monoisotopic (exact) mass is 285 g/mol. The maximum absolute atomic E-state index is 12.5. The Labute approximate surface area is 124 Å². The molecule has 2 nitrogen and oxygen atoms in total. The number of nitrogens with zero attached hydrogens (tertiary/aromatic N) is 1. The lowest BCUT2D eigenvalue weighted by Crippen LogP contribution is -2.31. The van der Waals surface area contributed by atoms with Crippen LogP contribution in [-0.2, 0) is 11.2 Å². The fraction of sp³-hybridized carbons (Fsp3) is 0.353. The normalized spacial score (nSPS) is 18.4. The Morgan fingerprint density at radius 2 is 2.10 bits per heavy atom. The van der Waals surface area contributed by atoms with E-state index in [-0.39, 0.29) is 11.9 Å². The summed E-state index contributed by atoms with van der Waals surface area (Å²) in [6.07, 6.45) is 2.72. The summed E-state index contributed by atoms with van der Waals surface area (Å²) in [6.45, 7) is 2.99. The number of rotatable bonds is 3. The van der Waals surface area contributed by atoms with Gasteiger partial charge >= 0.3 is 0 Å². The number of benzene rings is 1. The summed E-state index contributed by atoms with van der Waals surface area (Å²) in [4.78, 5) is 14.6. The van der Waals surface area contributed by atoms with Crippen LogP contribution in [0.15, 0.2) is 41.1 Å². The number of carbonyl (C=O) groups excluding carboxylic acids is 1. The summed E-state index contributed by atoms with van der Waals surface area (Å²) in [5.74, 6) is 0.256. The predicted octanol–water partition coefficient (Wildman–Crippen LogP) is 3.96. The molecule has 0 saturated carbocycles. The summed E-state index contributed by atoms with van der Waals surface area (Å²) in [6, 6.07) is 10.9. The molecule has 1 aliphatic heterocycles. The second kappa shape index (κ2) is 5.80. The van der Waals surface area contributed by atoms with Crippen LogP contribution in [0.3, 0.4) is 0 Å². The number of hydrogen-bond donors (Lipinski definition) is 0. The highest BCUT2D eigenvalue weighted by molar-refractivity contribution is 7.07. The van der Waals surface area contributed by atoms with Crippen LogP contribution in [0.2, 0.25) is 0 Å². The number of amides is 1. The minimum Gasteiger partial charge on any atom is -0.335 e. The molecule has 1 amide bonds. The minimum atomic E-state index is 0.256. The van der Waals surface area contributed by atoms with Crippen molar-refractivity contribution in [3.63, 3.8) is 0 Å². The maximum Gasteiger partial charge on any atom is 0.227 e. The van der Waals surface area contributed by atoms with Crippen molar-refractivity contribution in [1.82, 2.24) is 4.90 Å². The molecule has 1 fully saturated rings. The van der Waals surface area contributed by atoms with Gasteiger partial charge in [0.15, 0.2) is 0 Å². The van der Waals surface area contributed by atoms with Gasteiger partial charge in [0.05, 0.1) is 12.5 Å². The second-order valence-electron chi connectivity index (χ2n) is 5.46. The Hall–Kier alpha value is -1.61. The lowest BCUT2D eigenvalue weighted by atomic mass is 10.0. The van der Waals surface area contributed by atoms with Crippen molar-refractivity contribution in [2.75, 3.05) is 6.54 Å². The van der Waals surface area contributed by atoms with Gasteiger partial charge in [-0.15, -0.1) is 0 Å². The number of hydrogen-bond acceptors (Lipinski definition) is 2. The molecule has 3 rings (SSSR count). The van der Waals surface area contributed by atoms with Crippen molar-refractivity contribution in [3.8, 4) is 0 Å². The molecule has 0 spiro atoms. The van der Waals surface area contributed by atoms with Crippen molar-refractivity contribution in [3.05, 3.63) is 57.8 Å². The summed E-state index contributed by atoms with van der Waals surface area (Å²) in [7, 11) is 0. The summed E-state index contributed by atoms with van der Waals surface area (Å²) < 4.78 is 0. The molecule has 0 aliphatic carbocycles. The lowest BCUT2D eigenvalue weighted by molar-refractivity contribution is -0.131. The van der Waals surface area contributed by atoms with Gasteiger partial charge in [0.1, 0.15) is 0 Å². The minimum absolute atomic E-state index is 0.256. The molecule has 1 atom stereocenters. The first kappa shape index (κ1) is 13.4. The molecule has 1 aromatic heterocycles. The van der Waals surface area contributed by atoms with Crippen LogP contribution in [0, 0.1) is 6.92 Å². The van der Waals surface area contributed by atoms with Crippen LogP contribution in [0.5, 0.6) is 0 Å². The van der Waals surface area contributed by atoms with E-state index < -0.39 is 0 Å². The Morgan fingerprint density at radius 1 is 1.30 bits per heavy atom. The van der Waals surface area contributed by atoms with E-state index in [0.29, 0.717) is 6.42 Å². The maximum atomic E-state index is 12.5. The molecule has 20 heavy (non-hydrogen) atoms. The number of thiophene rings is 1. The number of carbonyl (C=O) groups is 1. The smallest absolute Gasteiger partial charge is 0.227 e. The first-order valence-electron chi connectivity index (χ1n) is 7.11. The molecule has 1 aromatic carbocycles. The van der Waals surface area contributed by atoms with Gasteiger partial charge in [-0.05, 0) is 47.7 Å². The molecule has 3 heteroatoms. The molecule has 0 N–H and O–H groups in total. The van der Waals surface area contributed by atoms with Gasteiger partial charge in [0.2, 0.25) is 5.91 Å². The zero-order chi connectivity index (χ0) is 13.9. The molecule has 104 valence electrons. The third kappa shape index (κ3) is 2.78. The first-order valence-corrected chi connectivity index (χ1v) is 8.05. The standard InChI is InChI=1S/C17H19NOS/c1-13-4-6-15(7-5-13)16-3-2-9-18(16)17(19)11-14-8-10-20-12-14/h4-8,10,12,16H,2-3,9,11H2,1H3/t16-/m0/s1. The Kier molecular flexibility index (Phi) is 3.88. The van der Waals surface area contributed by atoms with E-state index in [2.05, 4.69) is 41.5 Å². The SMILES string of the molecule is Cc1ccc([C@@H]2CCCN2C(=O)Cc2ccsc2)cc1. The Balaban J connectivity index is 1.75. The van der Waals surface area contributed by atoms with Crippen molar-refractivity contribution in [1.29, 1.82) is 0 Å². The fourth-order valence-corrected chi connectivity index (χ4v) is 3.54. The largest absolute Gasteiger partial charge is 0.335 e. The Bertz CT molecular complexity index is 574. The molecule has 0 unspecified atom stereocenters. The predicted molar refractivity (Wildman–Crippen MR) is 82.9 cm³/mol. The van der Waals surface area contributed by atoms with E-state index in [9.17, 15) is 4.79 Å². The topological polar surface area (TPSA) is 20.3 Å². The molecule has 2 aromatic rings. The van der Waals surface area contributed by atoms with Crippen LogP contribution >= 0.6 is 11.3 Å². The Morgan fingerprint density at radius 3 is 2.80 bits per heavy atom. The van der Waals surface area contributed by atoms with Crippen molar-refractivity contribution in [2.24, 2.45) is 0 Å². The lowest BCUT2D eigenvalue weighted by Gasteiger charge is -2.25. The highest BCUT2D eigenvalue weighted by Crippen LogP contribution is 2.32. The third-order valence-electron chi connectivity index (χ3n) is 3.97. The van der Waals surface area contributed by atoms with Gasteiger partial charge in [-0.3, -0.25) is 4.79 Å². The van der Waals surface area contributed by atoms with Crippen molar-refractivity contribution >= 4 is 17.2 Å². The van der Waals surface area contributed by atoms with Gasteiger partial charge in [0, 0.05) is 6.54 Å². The van der Waals surface area contributed by atoms with Crippen LogP contribution in [0.1, 0.15) is 35.6 Å². The van der Waals surface area contributed by atoms with E-state index in [1.165, 1.54) is 11.1 Å². The number of likely N-dealkylation sites (tertiary alicyclic amines) is 1. The van der Waals surface area contributed by atoms with E-state index >= 15 is 0 Å². The molecule has 1 aliphatic rings. The van der Waals surface area contributed by atoms with Crippen LogP contribution < -0.4 is 0 Å². The molecular formula is C17H19NOS. The quantitative estimate of drug-likeness (QED) is 0.836. The number of aryl methyl sites for hydroxylation is 1. The molecule has 2 heterocycles. The van der Waals surface area contributed by atoms with Gasteiger partial charge in [0.25, 0.3) is 0 Å². The van der Waals surface area contributed by atoms with Crippen LogP contribution in [0.4, 0.5) is 0 Å². The van der Waals surface area contributed by atoms with Gasteiger partial charge in [-0.2, -0.15) is 11.3 Å². The van der Waals surface area contributed by atoms with Crippen LogP contribution in [-0.4, -0.2) is 17.4 Å². The summed E-state index contributed by atoms with van der Waals surface area (Å²) >= 11 is 1.65. The van der Waals surface area contributed by atoms with Gasteiger partial charge in [-0.25, -0.2) is 0 Å². The zero-order valence-electron chi connectivity index (χ0n) is 11.7. The fourth-order valence-electron chi connectivity index (χ4n) is 2.87. The van der Waals surface area contributed by atoms with E-state index in [0.717, 1.165) is 24.9 Å². The second-order valence-corrected chi connectivity index (χ2v) is 6.24. The third-order valence-corrected chi connectivity index (χ3v) is 4.70. The highest BCUT2D eigenvalue weighted by Gasteiger charge is 2.29. The van der Waals surface area contributed by atoms with E-state index in [1.54, 1.807) is 11.3 Å². The van der Waals surface area contributed by atoms with Gasteiger partial charge in [-0.1, -0.05) is 29.8 Å². The first-order chi connectivity index (χ1) is 9.74.